The third-order valence-corrected chi connectivity index (χ3v) is 3.28. The molecular formula is C14H22N3+. The Hall–Kier alpha value is -1.38. The predicted molar refractivity (Wildman–Crippen MR) is 72.1 cm³/mol. The van der Waals surface area contributed by atoms with Crippen molar-refractivity contribution in [3.05, 3.63) is 23.9 Å². The summed E-state index contributed by atoms with van der Waals surface area (Å²) in [6.07, 6.45) is 6.60. The summed E-state index contributed by atoms with van der Waals surface area (Å²) < 4.78 is 2.15. The Labute approximate surface area is 104 Å². The van der Waals surface area contributed by atoms with Gasteiger partial charge in [0.1, 0.15) is 26.1 Å². The molecule has 0 bridgehead atoms. The molecule has 1 fully saturated rings. The van der Waals surface area contributed by atoms with Crippen LogP contribution in [-0.4, -0.2) is 43.0 Å². The molecule has 0 aliphatic carbocycles. The molecule has 1 aliphatic heterocycles. The number of hydrogen-bond acceptors (Lipinski definition) is 2. The van der Waals surface area contributed by atoms with Crippen LogP contribution in [0.25, 0.3) is 0 Å². The van der Waals surface area contributed by atoms with E-state index < -0.39 is 0 Å². The minimum Gasteiger partial charge on any atom is -0.356 e. The van der Waals surface area contributed by atoms with E-state index in [-0.39, 0.29) is 0 Å². The van der Waals surface area contributed by atoms with Gasteiger partial charge in [-0.15, -0.1) is 0 Å². The summed E-state index contributed by atoms with van der Waals surface area (Å²) >= 11 is 0. The molecular weight excluding hydrogens is 210 g/mol. The Morgan fingerprint density at radius 3 is 2.88 bits per heavy atom. The van der Waals surface area contributed by atoms with E-state index >= 15 is 0 Å². The van der Waals surface area contributed by atoms with Crippen LogP contribution in [0.1, 0.15) is 18.9 Å². The summed E-state index contributed by atoms with van der Waals surface area (Å²) in [6.45, 7) is 4.37. The van der Waals surface area contributed by atoms with Crippen molar-refractivity contribution >= 4 is 12.0 Å². The minimum atomic E-state index is 0.664. The van der Waals surface area contributed by atoms with Gasteiger partial charge in [-0.2, -0.15) is 0 Å². The van der Waals surface area contributed by atoms with Crippen LogP contribution in [0.3, 0.4) is 0 Å². The van der Waals surface area contributed by atoms with E-state index in [2.05, 4.69) is 53.8 Å². The SMILES string of the molecule is CCc1ccc(N2CCC(C=[N+](C)C)C2)nc1. The van der Waals surface area contributed by atoms with Gasteiger partial charge in [-0.1, -0.05) is 13.0 Å². The summed E-state index contributed by atoms with van der Waals surface area (Å²) in [4.78, 5) is 6.92. The van der Waals surface area contributed by atoms with Crippen molar-refractivity contribution in [1.29, 1.82) is 0 Å². The first kappa shape index (κ1) is 12.1. The normalized spacial score (nSPS) is 19.5. The lowest BCUT2D eigenvalue weighted by Gasteiger charge is -2.16. The second kappa shape index (κ2) is 5.30. The molecule has 1 unspecified atom stereocenters. The van der Waals surface area contributed by atoms with Gasteiger partial charge >= 0.3 is 0 Å². The lowest BCUT2D eigenvalue weighted by molar-refractivity contribution is -0.461. The molecule has 3 nitrogen and oxygen atoms in total. The predicted octanol–water partition coefficient (Wildman–Crippen LogP) is 1.81. The number of rotatable bonds is 3. The summed E-state index contributed by atoms with van der Waals surface area (Å²) in [7, 11) is 4.19. The Bertz CT molecular complexity index is 390. The molecule has 0 aromatic carbocycles. The fourth-order valence-electron chi connectivity index (χ4n) is 2.35. The van der Waals surface area contributed by atoms with E-state index in [9.17, 15) is 0 Å². The van der Waals surface area contributed by atoms with Gasteiger partial charge in [-0.05, 0) is 24.5 Å². The van der Waals surface area contributed by atoms with Crippen molar-refractivity contribution in [2.24, 2.45) is 5.92 Å². The molecule has 1 aromatic heterocycles. The Morgan fingerprint density at radius 2 is 2.29 bits per heavy atom. The average molecular weight is 232 g/mol. The zero-order valence-corrected chi connectivity index (χ0v) is 11.1. The number of aryl methyl sites for hydroxylation is 1. The van der Waals surface area contributed by atoms with Crippen LogP contribution in [-0.2, 0) is 6.42 Å². The first-order chi connectivity index (χ1) is 8.19. The van der Waals surface area contributed by atoms with Crippen LogP contribution in [0.4, 0.5) is 5.82 Å². The van der Waals surface area contributed by atoms with Gasteiger partial charge < -0.3 is 4.90 Å². The lowest BCUT2D eigenvalue weighted by Crippen LogP contribution is -2.22. The molecule has 2 rings (SSSR count). The van der Waals surface area contributed by atoms with Crippen molar-refractivity contribution in [1.82, 2.24) is 4.98 Å². The topological polar surface area (TPSA) is 19.1 Å². The maximum atomic E-state index is 4.54. The molecule has 0 N–H and O–H groups in total. The number of pyridine rings is 1. The standard InChI is InChI=1S/C14H22N3/c1-4-12-5-6-14(15-9-12)17-8-7-13(11-17)10-16(2)3/h5-6,9-10,13H,4,7-8,11H2,1-3H3/q+1. The lowest BCUT2D eigenvalue weighted by atomic mass is 10.1. The van der Waals surface area contributed by atoms with Crippen LogP contribution >= 0.6 is 0 Å². The third-order valence-electron chi connectivity index (χ3n) is 3.28. The second-order valence-corrected chi connectivity index (χ2v) is 4.99. The Morgan fingerprint density at radius 1 is 1.47 bits per heavy atom. The van der Waals surface area contributed by atoms with Crippen LogP contribution in [0.5, 0.6) is 0 Å². The highest BCUT2D eigenvalue weighted by Gasteiger charge is 2.24. The monoisotopic (exact) mass is 232 g/mol. The van der Waals surface area contributed by atoms with Gasteiger partial charge in [0.25, 0.3) is 0 Å². The maximum Gasteiger partial charge on any atom is 0.144 e. The third kappa shape index (κ3) is 3.05. The van der Waals surface area contributed by atoms with Crippen LogP contribution < -0.4 is 4.90 Å². The molecule has 2 heterocycles. The second-order valence-electron chi connectivity index (χ2n) is 4.99. The van der Waals surface area contributed by atoms with E-state index in [0.29, 0.717) is 5.92 Å². The highest BCUT2D eigenvalue weighted by Crippen LogP contribution is 2.21. The molecule has 1 atom stereocenters. The first-order valence-corrected chi connectivity index (χ1v) is 6.40. The Balaban J connectivity index is 2.02. The fourth-order valence-corrected chi connectivity index (χ4v) is 2.35. The van der Waals surface area contributed by atoms with Crippen LogP contribution in [0.15, 0.2) is 18.3 Å². The van der Waals surface area contributed by atoms with Gasteiger partial charge in [0.2, 0.25) is 0 Å². The number of aromatic nitrogens is 1. The van der Waals surface area contributed by atoms with Gasteiger partial charge in [0.15, 0.2) is 0 Å². The summed E-state index contributed by atoms with van der Waals surface area (Å²) in [5.74, 6) is 1.79. The molecule has 3 heteroatoms. The Kier molecular flexibility index (Phi) is 3.77. The molecule has 0 saturated carbocycles. The maximum absolute atomic E-state index is 4.54. The number of anilines is 1. The molecule has 0 amide bonds. The molecule has 0 radical (unpaired) electrons. The van der Waals surface area contributed by atoms with Gasteiger partial charge in [-0.25, -0.2) is 9.56 Å². The average Bonchev–Trinajstić information content (AvgIpc) is 2.77. The first-order valence-electron chi connectivity index (χ1n) is 6.40. The van der Waals surface area contributed by atoms with E-state index in [1.54, 1.807) is 0 Å². The fraction of sp³-hybridized carbons (Fsp3) is 0.571. The summed E-state index contributed by atoms with van der Waals surface area (Å²) in [5, 5.41) is 0. The van der Waals surface area contributed by atoms with Crippen molar-refractivity contribution in [2.75, 3.05) is 32.1 Å². The highest BCUT2D eigenvalue weighted by atomic mass is 15.2. The largest absolute Gasteiger partial charge is 0.356 e. The summed E-state index contributed by atoms with van der Waals surface area (Å²) in [5.41, 5.74) is 1.31. The van der Waals surface area contributed by atoms with Crippen LogP contribution in [0, 0.1) is 5.92 Å². The minimum absolute atomic E-state index is 0.664. The van der Waals surface area contributed by atoms with E-state index in [1.165, 1.54) is 12.0 Å². The zero-order valence-electron chi connectivity index (χ0n) is 11.1. The smallest absolute Gasteiger partial charge is 0.144 e. The molecule has 92 valence electrons. The van der Waals surface area contributed by atoms with E-state index in [4.69, 9.17) is 0 Å². The van der Waals surface area contributed by atoms with E-state index in [1.807, 2.05) is 6.20 Å². The van der Waals surface area contributed by atoms with Crippen molar-refractivity contribution in [3.63, 3.8) is 0 Å². The van der Waals surface area contributed by atoms with Gasteiger partial charge in [-0.3, -0.25) is 0 Å². The molecule has 1 aromatic rings. The molecule has 17 heavy (non-hydrogen) atoms. The van der Waals surface area contributed by atoms with Crippen molar-refractivity contribution < 1.29 is 4.58 Å². The zero-order chi connectivity index (χ0) is 12.3. The van der Waals surface area contributed by atoms with Gasteiger partial charge in [0.05, 0.1) is 5.92 Å². The van der Waals surface area contributed by atoms with Crippen LogP contribution in [0.2, 0.25) is 0 Å². The quantitative estimate of drug-likeness (QED) is 0.585. The summed E-state index contributed by atoms with van der Waals surface area (Å²) in [6, 6.07) is 4.34. The number of hydrogen-bond donors (Lipinski definition) is 0. The van der Waals surface area contributed by atoms with E-state index in [0.717, 1.165) is 25.3 Å². The van der Waals surface area contributed by atoms with Gasteiger partial charge in [0, 0.05) is 19.3 Å². The van der Waals surface area contributed by atoms with Crippen molar-refractivity contribution in [3.8, 4) is 0 Å². The molecule has 1 aliphatic rings. The molecule has 1 saturated heterocycles. The molecule has 0 spiro atoms. The number of nitrogens with zero attached hydrogens (tertiary/aromatic N) is 3. The van der Waals surface area contributed by atoms with Crippen molar-refractivity contribution in [2.45, 2.75) is 19.8 Å². The highest BCUT2D eigenvalue weighted by molar-refractivity contribution is 5.58.